The van der Waals surface area contributed by atoms with Crippen LogP contribution in [0, 0.1) is 5.41 Å². The maximum Gasteiger partial charge on any atom is 0.123 e. The molecule has 2 saturated carbocycles. The Hall–Kier alpha value is -0.150. The summed E-state index contributed by atoms with van der Waals surface area (Å²) >= 11 is 0. The van der Waals surface area contributed by atoms with Crippen LogP contribution in [-0.4, -0.2) is 29.5 Å². The van der Waals surface area contributed by atoms with E-state index in [-0.39, 0.29) is 17.6 Å². The van der Waals surface area contributed by atoms with E-state index < -0.39 is 5.67 Å². The topological polar surface area (TPSA) is 32.3 Å². The number of rotatable bonds is 3. The van der Waals surface area contributed by atoms with Crippen LogP contribution in [0.3, 0.4) is 0 Å². The van der Waals surface area contributed by atoms with Gasteiger partial charge < -0.3 is 10.4 Å². The van der Waals surface area contributed by atoms with E-state index in [9.17, 15) is 9.50 Å². The van der Waals surface area contributed by atoms with Crippen molar-refractivity contribution in [2.24, 2.45) is 5.41 Å². The normalized spacial score (nSPS) is 39.7. The minimum atomic E-state index is -0.920. The van der Waals surface area contributed by atoms with E-state index in [4.69, 9.17) is 0 Å². The van der Waals surface area contributed by atoms with E-state index in [0.717, 1.165) is 6.42 Å². The first-order valence-corrected chi connectivity index (χ1v) is 5.04. The molecule has 0 aromatic rings. The molecule has 13 heavy (non-hydrogen) atoms. The molecule has 2 nitrogen and oxygen atoms in total. The van der Waals surface area contributed by atoms with Crippen molar-refractivity contribution in [2.75, 3.05) is 6.54 Å². The molecule has 2 unspecified atom stereocenters. The minimum absolute atomic E-state index is 0.0781. The highest BCUT2D eigenvalue weighted by molar-refractivity contribution is 5.04. The van der Waals surface area contributed by atoms with Gasteiger partial charge in [-0.05, 0) is 19.3 Å². The summed E-state index contributed by atoms with van der Waals surface area (Å²) in [5.41, 5.74) is -0.998. The molecule has 2 rings (SSSR count). The van der Waals surface area contributed by atoms with Crippen molar-refractivity contribution < 1.29 is 9.50 Å². The summed E-state index contributed by atoms with van der Waals surface area (Å²) in [7, 11) is 0. The quantitative estimate of drug-likeness (QED) is 0.696. The molecule has 0 saturated heterocycles. The second-order valence-corrected chi connectivity index (χ2v) is 5.16. The standard InChI is InChI=1S/C10H18FNO/c1-9(2)7(5-8(9)13)12-6-10(11)3-4-10/h7-8,12-13H,3-6H2,1-2H3. The molecule has 2 atom stereocenters. The summed E-state index contributed by atoms with van der Waals surface area (Å²) in [6, 6.07) is 0.288. The molecule has 0 radical (unpaired) electrons. The van der Waals surface area contributed by atoms with Gasteiger partial charge in [-0.1, -0.05) is 13.8 Å². The Morgan fingerprint density at radius 2 is 2.08 bits per heavy atom. The van der Waals surface area contributed by atoms with Crippen LogP contribution in [0.25, 0.3) is 0 Å². The van der Waals surface area contributed by atoms with Crippen molar-refractivity contribution >= 4 is 0 Å². The lowest BCUT2D eigenvalue weighted by Crippen LogP contribution is -2.60. The third-order valence-corrected chi connectivity index (χ3v) is 3.67. The van der Waals surface area contributed by atoms with Gasteiger partial charge in [0, 0.05) is 18.0 Å². The zero-order chi connectivity index (χ0) is 9.69. The summed E-state index contributed by atoms with van der Waals surface area (Å²) in [5, 5.41) is 12.7. The Kier molecular flexibility index (Phi) is 1.93. The second kappa shape index (κ2) is 2.67. The van der Waals surface area contributed by atoms with Gasteiger partial charge in [-0.15, -0.1) is 0 Å². The number of hydrogen-bond acceptors (Lipinski definition) is 2. The summed E-state index contributed by atoms with van der Waals surface area (Å²) in [6.45, 7) is 4.51. The summed E-state index contributed by atoms with van der Waals surface area (Å²) in [5.74, 6) is 0. The highest BCUT2D eigenvalue weighted by Gasteiger charge is 2.49. The van der Waals surface area contributed by atoms with Crippen molar-refractivity contribution in [2.45, 2.75) is 50.9 Å². The Morgan fingerprint density at radius 1 is 1.46 bits per heavy atom. The van der Waals surface area contributed by atoms with E-state index in [1.165, 1.54) is 0 Å². The number of aliphatic hydroxyl groups excluding tert-OH is 1. The summed E-state index contributed by atoms with van der Waals surface area (Å²) in [4.78, 5) is 0. The van der Waals surface area contributed by atoms with Crippen molar-refractivity contribution in [3.8, 4) is 0 Å². The average molecular weight is 187 g/mol. The van der Waals surface area contributed by atoms with E-state index in [0.29, 0.717) is 19.4 Å². The zero-order valence-corrected chi connectivity index (χ0v) is 8.31. The molecule has 0 aromatic carbocycles. The first kappa shape index (κ1) is 9.41. The lowest BCUT2D eigenvalue weighted by atomic mass is 9.64. The average Bonchev–Trinajstić information content (AvgIpc) is 2.78. The molecule has 2 aliphatic rings. The third-order valence-electron chi connectivity index (χ3n) is 3.67. The maximum atomic E-state index is 13.2. The molecule has 0 heterocycles. The van der Waals surface area contributed by atoms with Crippen LogP contribution in [0.2, 0.25) is 0 Å². The smallest absolute Gasteiger partial charge is 0.123 e. The van der Waals surface area contributed by atoms with Crippen molar-refractivity contribution in [3.05, 3.63) is 0 Å². The van der Waals surface area contributed by atoms with Crippen LogP contribution in [0.5, 0.6) is 0 Å². The van der Waals surface area contributed by atoms with E-state index >= 15 is 0 Å². The Labute approximate surface area is 78.5 Å². The number of hydrogen-bond donors (Lipinski definition) is 2. The molecular weight excluding hydrogens is 169 g/mol. The van der Waals surface area contributed by atoms with Gasteiger partial charge in [0.25, 0.3) is 0 Å². The van der Waals surface area contributed by atoms with Gasteiger partial charge in [-0.2, -0.15) is 0 Å². The monoisotopic (exact) mass is 187 g/mol. The fraction of sp³-hybridized carbons (Fsp3) is 1.00. The Balaban J connectivity index is 1.77. The molecule has 76 valence electrons. The van der Waals surface area contributed by atoms with Crippen LogP contribution >= 0.6 is 0 Å². The fourth-order valence-corrected chi connectivity index (χ4v) is 1.87. The van der Waals surface area contributed by atoms with Gasteiger partial charge in [0.2, 0.25) is 0 Å². The largest absolute Gasteiger partial charge is 0.392 e. The van der Waals surface area contributed by atoms with Gasteiger partial charge in [0.15, 0.2) is 0 Å². The summed E-state index contributed by atoms with van der Waals surface area (Å²) in [6.07, 6.45) is 1.95. The Morgan fingerprint density at radius 3 is 2.46 bits per heavy atom. The number of halogens is 1. The van der Waals surface area contributed by atoms with Crippen LogP contribution in [0.4, 0.5) is 4.39 Å². The van der Waals surface area contributed by atoms with Crippen LogP contribution in [0.1, 0.15) is 33.1 Å². The first-order valence-electron chi connectivity index (χ1n) is 5.04. The maximum absolute atomic E-state index is 13.2. The number of aliphatic hydroxyl groups is 1. The van der Waals surface area contributed by atoms with Gasteiger partial charge >= 0.3 is 0 Å². The number of nitrogens with one attached hydrogen (secondary N) is 1. The van der Waals surface area contributed by atoms with E-state index in [1.807, 2.05) is 13.8 Å². The van der Waals surface area contributed by atoms with Gasteiger partial charge in [0.05, 0.1) is 6.10 Å². The molecule has 0 bridgehead atoms. The predicted molar refractivity (Wildman–Crippen MR) is 49.3 cm³/mol. The van der Waals surface area contributed by atoms with Crippen LogP contribution in [0.15, 0.2) is 0 Å². The molecule has 2 fully saturated rings. The van der Waals surface area contributed by atoms with Crippen molar-refractivity contribution in [3.63, 3.8) is 0 Å². The van der Waals surface area contributed by atoms with Crippen molar-refractivity contribution in [1.82, 2.24) is 5.32 Å². The van der Waals surface area contributed by atoms with Gasteiger partial charge in [-0.25, -0.2) is 4.39 Å². The lowest BCUT2D eigenvalue weighted by molar-refractivity contribution is -0.0740. The van der Waals surface area contributed by atoms with Gasteiger partial charge in [-0.3, -0.25) is 0 Å². The molecule has 0 amide bonds. The number of alkyl halides is 1. The predicted octanol–water partition coefficient (Wildman–Crippen LogP) is 1.24. The van der Waals surface area contributed by atoms with Crippen molar-refractivity contribution in [1.29, 1.82) is 0 Å². The molecule has 0 spiro atoms. The van der Waals surface area contributed by atoms with E-state index in [2.05, 4.69) is 5.32 Å². The Bertz CT molecular complexity index is 213. The summed E-state index contributed by atoms with van der Waals surface area (Å²) < 4.78 is 13.2. The lowest BCUT2D eigenvalue weighted by Gasteiger charge is -2.49. The molecule has 3 heteroatoms. The third kappa shape index (κ3) is 1.59. The van der Waals surface area contributed by atoms with Gasteiger partial charge in [0.1, 0.15) is 5.67 Å². The van der Waals surface area contributed by atoms with Crippen LogP contribution in [-0.2, 0) is 0 Å². The highest BCUT2D eigenvalue weighted by Crippen LogP contribution is 2.43. The first-order chi connectivity index (χ1) is 5.94. The fourth-order valence-electron chi connectivity index (χ4n) is 1.87. The zero-order valence-electron chi connectivity index (χ0n) is 8.31. The second-order valence-electron chi connectivity index (χ2n) is 5.16. The van der Waals surface area contributed by atoms with E-state index in [1.54, 1.807) is 0 Å². The molecule has 0 aromatic heterocycles. The molecule has 2 aliphatic carbocycles. The highest BCUT2D eigenvalue weighted by atomic mass is 19.1. The minimum Gasteiger partial charge on any atom is -0.392 e. The molecular formula is C10H18FNO. The van der Waals surface area contributed by atoms with Crippen LogP contribution < -0.4 is 5.32 Å². The molecule has 0 aliphatic heterocycles. The molecule has 2 N–H and O–H groups in total. The SMILES string of the molecule is CC1(C)C(O)CC1NCC1(F)CC1.